The highest BCUT2D eigenvalue weighted by Crippen LogP contribution is 2.42. The van der Waals surface area contributed by atoms with Crippen molar-refractivity contribution in [1.82, 2.24) is 29.1 Å². The summed E-state index contributed by atoms with van der Waals surface area (Å²) in [6.45, 7) is 0. The zero-order valence-corrected chi connectivity index (χ0v) is 33.7. The van der Waals surface area contributed by atoms with Gasteiger partial charge in [0.05, 0.1) is 22.1 Å². The highest BCUT2D eigenvalue weighted by Gasteiger charge is 2.20. The van der Waals surface area contributed by atoms with Crippen molar-refractivity contribution in [3.8, 4) is 56.7 Å². The van der Waals surface area contributed by atoms with Crippen molar-refractivity contribution in [2.24, 2.45) is 0 Å². The molecule has 0 aliphatic carbocycles. The molecular formula is C56H34N6O. The molecule has 0 saturated heterocycles. The fourth-order valence-corrected chi connectivity index (χ4v) is 9.40. The number of para-hydroxylation sites is 2. The minimum Gasteiger partial charge on any atom is -0.456 e. The molecule has 0 aliphatic heterocycles. The molecule has 5 aromatic heterocycles. The largest absolute Gasteiger partial charge is 0.456 e. The Balaban J connectivity index is 0.962. The molecule has 63 heavy (non-hydrogen) atoms. The van der Waals surface area contributed by atoms with Gasteiger partial charge in [-0.2, -0.15) is 9.97 Å². The predicted molar refractivity (Wildman–Crippen MR) is 255 cm³/mol. The maximum atomic E-state index is 6.55. The Bertz CT molecular complexity index is 3850. The summed E-state index contributed by atoms with van der Waals surface area (Å²) >= 11 is 0. The molecule has 7 nitrogen and oxygen atoms in total. The Labute approximate surface area is 360 Å². The summed E-state index contributed by atoms with van der Waals surface area (Å²) in [4.78, 5) is 19.7. The number of aromatic nitrogens is 6. The maximum Gasteiger partial charge on any atom is 0.238 e. The predicted octanol–water partition coefficient (Wildman–Crippen LogP) is 14.0. The number of hydrogen-bond donors (Lipinski definition) is 0. The molecule has 0 unspecified atom stereocenters. The fourth-order valence-electron chi connectivity index (χ4n) is 9.40. The average Bonchev–Trinajstić information content (AvgIpc) is 4.02. The van der Waals surface area contributed by atoms with Gasteiger partial charge in [0.1, 0.15) is 11.2 Å². The standard InChI is InChI=1S/C56H34N6O/c1-4-13-35(14-5-1)54-58-55(36-15-6-2-7-16-36)60-56(59-54)62-49-26-23-37(31-44(49)46-34-57-30-29-50(46)62)38-25-28-51-45(32-38)53-41(20-12-22-52(53)63-51)39-24-27-48-43(33-39)42-19-10-11-21-47(42)61(48)40-17-8-3-9-18-40/h1-34H. The number of benzene rings is 8. The Hall–Kier alpha value is -8.68. The van der Waals surface area contributed by atoms with Crippen molar-refractivity contribution in [3.63, 3.8) is 0 Å². The third-order valence-corrected chi connectivity index (χ3v) is 12.3. The summed E-state index contributed by atoms with van der Waals surface area (Å²) in [5, 5.41) is 6.67. The molecule has 0 atom stereocenters. The van der Waals surface area contributed by atoms with E-state index < -0.39 is 0 Å². The molecule has 8 aromatic carbocycles. The van der Waals surface area contributed by atoms with Crippen LogP contribution in [0.25, 0.3) is 122 Å². The third kappa shape index (κ3) is 5.60. The first-order valence-electron chi connectivity index (χ1n) is 21.0. The zero-order valence-electron chi connectivity index (χ0n) is 33.7. The molecule has 0 spiro atoms. The number of rotatable bonds is 6. The van der Waals surface area contributed by atoms with Gasteiger partial charge in [-0.25, -0.2) is 4.98 Å². The van der Waals surface area contributed by atoms with Gasteiger partial charge < -0.3 is 8.98 Å². The minimum atomic E-state index is 0.545. The Morgan fingerprint density at radius 1 is 0.365 bits per heavy atom. The van der Waals surface area contributed by atoms with E-state index in [0.717, 1.165) is 82.8 Å². The van der Waals surface area contributed by atoms with E-state index in [4.69, 9.17) is 19.4 Å². The quantitative estimate of drug-likeness (QED) is 0.167. The van der Waals surface area contributed by atoms with Crippen molar-refractivity contribution in [2.75, 3.05) is 0 Å². The van der Waals surface area contributed by atoms with Crippen LogP contribution in [0, 0.1) is 0 Å². The number of hydrogen-bond acceptors (Lipinski definition) is 5. The van der Waals surface area contributed by atoms with Gasteiger partial charge in [-0.05, 0) is 89.0 Å². The van der Waals surface area contributed by atoms with Crippen molar-refractivity contribution in [3.05, 3.63) is 207 Å². The number of pyridine rings is 1. The summed E-state index contributed by atoms with van der Waals surface area (Å²) < 4.78 is 11.0. The van der Waals surface area contributed by atoms with Crippen LogP contribution >= 0.6 is 0 Å². The highest BCUT2D eigenvalue weighted by molar-refractivity contribution is 6.16. The number of furan rings is 1. The van der Waals surface area contributed by atoms with E-state index in [1.54, 1.807) is 0 Å². The maximum absolute atomic E-state index is 6.55. The van der Waals surface area contributed by atoms with Gasteiger partial charge in [0.25, 0.3) is 0 Å². The van der Waals surface area contributed by atoms with Crippen LogP contribution in [0.2, 0.25) is 0 Å². The van der Waals surface area contributed by atoms with Crippen LogP contribution < -0.4 is 0 Å². The molecule has 0 bridgehead atoms. The van der Waals surface area contributed by atoms with Crippen LogP contribution in [-0.4, -0.2) is 29.1 Å². The molecule has 0 radical (unpaired) electrons. The molecule has 0 saturated carbocycles. The van der Waals surface area contributed by atoms with Crippen molar-refractivity contribution < 1.29 is 4.42 Å². The van der Waals surface area contributed by atoms with Crippen molar-refractivity contribution >= 4 is 65.6 Å². The molecule has 0 fully saturated rings. The molecule has 0 aliphatic rings. The lowest BCUT2D eigenvalue weighted by atomic mass is 9.96. The van der Waals surface area contributed by atoms with E-state index in [0.29, 0.717) is 17.6 Å². The zero-order chi connectivity index (χ0) is 41.4. The van der Waals surface area contributed by atoms with E-state index in [9.17, 15) is 0 Å². The first-order valence-corrected chi connectivity index (χ1v) is 21.0. The van der Waals surface area contributed by atoms with Gasteiger partial charge in [-0.1, -0.05) is 127 Å². The summed E-state index contributed by atoms with van der Waals surface area (Å²) in [5.41, 5.74) is 13.4. The lowest BCUT2D eigenvalue weighted by Gasteiger charge is -2.11. The van der Waals surface area contributed by atoms with E-state index in [1.165, 1.54) is 21.8 Å². The highest BCUT2D eigenvalue weighted by atomic mass is 16.3. The van der Waals surface area contributed by atoms with E-state index >= 15 is 0 Å². The lowest BCUT2D eigenvalue weighted by molar-refractivity contribution is 0.669. The normalized spacial score (nSPS) is 11.8. The van der Waals surface area contributed by atoms with Crippen LogP contribution in [0.4, 0.5) is 0 Å². The molecule has 0 N–H and O–H groups in total. The van der Waals surface area contributed by atoms with Gasteiger partial charge in [0.15, 0.2) is 11.6 Å². The van der Waals surface area contributed by atoms with Gasteiger partial charge in [0, 0.05) is 61.5 Å². The van der Waals surface area contributed by atoms with Gasteiger partial charge in [-0.15, -0.1) is 0 Å². The second-order valence-electron chi connectivity index (χ2n) is 15.9. The van der Waals surface area contributed by atoms with Gasteiger partial charge in [0.2, 0.25) is 5.95 Å². The van der Waals surface area contributed by atoms with Crippen molar-refractivity contribution in [1.29, 1.82) is 0 Å². The lowest BCUT2D eigenvalue weighted by Crippen LogP contribution is -2.06. The second-order valence-corrected chi connectivity index (χ2v) is 15.9. The summed E-state index contributed by atoms with van der Waals surface area (Å²) in [5.74, 6) is 1.77. The topological polar surface area (TPSA) is 74.6 Å². The summed E-state index contributed by atoms with van der Waals surface area (Å²) in [6, 6.07) is 67.8. The summed E-state index contributed by atoms with van der Waals surface area (Å²) in [6.07, 6.45) is 3.76. The number of nitrogens with zero attached hydrogens (tertiary/aromatic N) is 6. The van der Waals surface area contributed by atoms with E-state index in [1.807, 2.05) is 79.1 Å². The van der Waals surface area contributed by atoms with E-state index in [-0.39, 0.29) is 0 Å². The molecule has 5 heterocycles. The first-order chi connectivity index (χ1) is 31.2. The van der Waals surface area contributed by atoms with Crippen LogP contribution in [0.1, 0.15) is 0 Å². The van der Waals surface area contributed by atoms with Crippen LogP contribution in [0.3, 0.4) is 0 Å². The Morgan fingerprint density at radius 3 is 1.71 bits per heavy atom. The van der Waals surface area contributed by atoms with Gasteiger partial charge in [-0.3, -0.25) is 9.55 Å². The Morgan fingerprint density at radius 2 is 0.952 bits per heavy atom. The van der Waals surface area contributed by atoms with Crippen LogP contribution in [0.5, 0.6) is 0 Å². The molecule has 7 heteroatoms. The van der Waals surface area contributed by atoms with E-state index in [2.05, 4.69) is 142 Å². The smallest absolute Gasteiger partial charge is 0.238 e. The minimum absolute atomic E-state index is 0.545. The fraction of sp³-hybridized carbons (Fsp3) is 0. The van der Waals surface area contributed by atoms with Gasteiger partial charge >= 0.3 is 0 Å². The molecular weight excluding hydrogens is 773 g/mol. The molecule has 294 valence electrons. The molecule has 13 aromatic rings. The number of fused-ring (bicyclic) bond motifs is 9. The molecule has 0 amide bonds. The SMILES string of the molecule is c1ccc(-c2nc(-c3ccccc3)nc(-n3c4ccncc4c4cc(-c5ccc6oc7cccc(-c8ccc9c(c8)c8ccccc8n9-c8ccccc8)c7c6c5)ccc43)n2)cc1. The van der Waals surface area contributed by atoms with Crippen molar-refractivity contribution in [2.45, 2.75) is 0 Å². The summed E-state index contributed by atoms with van der Waals surface area (Å²) in [7, 11) is 0. The third-order valence-electron chi connectivity index (χ3n) is 12.3. The van der Waals surface area contributed by atoms with Crippen LogP contribution in [-0.2, 0) is 0 Å². The monoisotopic (exact) mass is 806 g/mol. The van der Waals surface area contributed by atoms with Crippen LogP contribution in [0.15, 0.2) is 211 Å². The molecule has 13 rings (SSSR count). The first kappa shape index (κ1) is 35.1. The average molecular weight is 807 g/mol. The second kappa shape index (κ2) is 13.9. The Kier molecular flexibility index (Phi) is 7.77.